The smallest absolute Gasteiger partial charge is 0.0715 e. The van der Waals surface area contributed by atoms with Crippen LogP contribution in [0, 0.1) is 13.8 Å². The van der Waals surface area contributed by atoms with Crippen LogP contribution in [0.2, 0.25) is 0 Å². The third-order valence-corrected chi connectivity index (χ3v) is 5.48. The fourth-order valence-electron chi connectivity index (χ4n) is 4.07. The topological polar surface area (TPSA) is 12.9 Å². The van der Waals surface area contributed by atoms with E-state index >= 15 is 0 Å². The van der Waals surface area contributed by atoms with E-state index < -0.39 is 0 Å². The summed E-state index contributed by atoms with van der Waals surface area (Å²) in [5.74, 6) is 0. The zero-order chi connectivity index (χ0) is 17.0. The van der Waals surface area contributed by atoms with Gasteiger partial charge in [-0.1, -0.05) is 54.6 Å². The number of para-hydroxylation sites is 1. The summed E-state index contributed by atoms with van der Waals surface area (Å²) in [7, 11) is 0. The highest BCUT2D eigenvalue weighted by molar-refractivity contribution is 5.88. The highest BCUT2D eigenvalue weighted by Crippen LogP contribution is 2.43. The van der Waals surface area contributed by atoms with E-state index in [0.29, 0.717) is 0 Å². The molecule has 0 amide bonds. The zero-order valence-corrected chi connectivity index (χ0v) is 14.5. The van der Waals surface area contributed by atoms with E-state index in [1.807, 2.05) is 0 Å². The monoisotopic (exact) mass is 321 g/mol. The first-order valence-electron chi connectivity index (χ1n) is 8.80. The van der Waals surface area contributed by atoms with Crippen molar-refractivity contribution in [1.29, 1.82) is 0 Å². The average molecular weight is 321 g/mol. The summed E-state index contributed by atoms with van der Waals surface area (Å²) in [5, 5.41) is 1.19. The zero-order valence-electron chi connectivity index (χ0n) is 14.5. The van der Waals surface area contributed by atoms with E-state index in [0.717, 1.165) is 17.6 Å². The molecule has 0 saturated carbocycles. The fourth-order valence-corrected chi connectivity index (χ4v) is 4.07. The Bertz CT molecular complexity index is 1140. The molecule has 1 aliphatic rings. The first-order valence-corrected chi connectivity index (χ1v) is 8.80. The van der Waals surface area contributed by atoms with Crippen molar-refractivity contribution in [2.45, 2.75) is 20.3 Å². The van der Waals surface area contributed by atoms with Gasteiger partial charge in [0.05, 0.1) is 11.2 Å². The number of benzene rings is 3. The molecule has 0 bridgehead atoms. The standard InChI is InChI=1S/C24H19N/c1-15-13-20-19-9-5-3-8-18(19)14-21(20)24(16(15)2)23-12-11-17-7-4-6-10-22(17)25-23/h3-13H,14H2,1-2H3. The van der Waals surface area contributed by atoms with E-state index in [1.54, 1.807) is 0 Å². The van der Waals surface area contributed by atoms with Gasteiger partial charge in [-0.25, -0.2) is 4.98 Å². The maximum Gasteiger partial charge on any atom is 0.0715 e. The highest BCUT2D eigenvalue weighted by atomic mass is 14.7. The third-order valence-electron chi connectivity index (χ3n) is 5.48. The Labute approximate surface area is 148 Å². The maximum atomic E-state index is 4.99. The predicted molar refractivity (Wildman–Crippen MR) is 105 cm³/mol. The summed E-state index contributed by atoms with van der Waals surface area (Å²) in [5.41, 5.74) is 11.7. The molecule has 0 aliphatic heterocycles. The minimum absolute atomic E-state index is 0.996. The number of hydrogen-bond acceptors (Lipinski definition) is 1. The first-order chi connectivity index (χ1) is 12.2. The molecule has 1 heteroatoms. The molecule has 120 valence electrons. The van der Waals surface area contributed by atoms with E-state index in [4.69, 9.17) is 4.98 Å². The molecule has 0 saturated heterocycles. The molecule has 3 aromatic carbocycles. The first kappa shape index (κ1) is 14.4. The number of hydrogen-bond donors (Lipinski definition) is 0. The minimum Gasteiger partial charge on any atom is -0.248 e. The number of aromatic nitrogens is 1. The largest absolute Gasteiger partial charge is 0.248 e. The Morgan fingerprint density at radius 2 is 1.60 bits per heavy atom. The number of pyridine rings is 1. The van der Waals surface area contributed by atoms with Crippen LogP contribution < -0.4 is 0 Å². The van der Waals surface area contributed by atoms with Gasteiger partial charge in [0.1, 0.15) is 0 Å². The quantitative estimate of drug-likeness (QED) is 0.364. The summed E-state index contributed by atoms with van der Waals surface area (Å²) < 4.78 is 0. The van der Waals surface area contributed by atoms with Gasteiger partial charge in [0, 0.05) is 10.9 Å². The van der Waals surface area contributed by atoms with E-state index in [-0.39, 0.29) is 0 Å². The second-order valence-electron chi connectivity index (χ2n) is 6.94. The van der Waals surface area contributed by atoms with Gasteiger partial charge in [0.25, 0.3) is 0 Å². The lowest BCUT2D eigenvalue weighted by Gasteiger charge is -2.15. The lowest BCUT2D eigenvalue weighted by molar-refractivity contribution is 1.22. The molecule has 5 rings (SSSR count). The van der Waals surface area contributed by atoms with Gasteiger partial charge in [-0.3, -0.25) is 0 Å². The van der Waals surface area contributed by atoms with Crippen molar-refractivity contribution in [2.24, 2.45) is 0 Å². The van der Waals surface area contributed by atoms with Crippen LogP contribution in [0.3, 0.4) is 0 Å². The van der Waals surface area contributed by atoms with Crippen LogP contribution in [0.15, 0.2) is 66.7 Å². The maximum absolute atomic E-state index is 4.99. The van der Waals surface area contributed by atoms with Crippen molar-refractivity contribution in [3.05, 3.63) is 89.0 Å². The average Bonchev–Trinajstić information content (AvgIpc) is 3.00. The Morgan fingerprint density at radius 3 is 2.52 bits per heavy atom. The Hall–Kier alpha value is -2.93. The van der Waals surface area contributed by atoms with E-state index in [2.05, 4.69) is 80.6 Å². The molecular weight excluding hydrogens is 302 g/mol. The van der Waals surface area contributed by atoms with Crippen molar-refractivity contribution in [1.82, 2.24) is 4.98 Å². The van der Waals surface area contributed by atoms with E-state index in [1.165, 1.54) is 44.3 Å². The summed E-state index contributed by atoms with van der Waals surface area (Å²) in [6, 6.07) is 23.8. The molecule has 1 nitrogen and oxygen atoms in total. The van der Waals surface area contributed by atoms with Crippen molar-refractivity contribution in [2.75, 3.05) is 0 Å². The second kappa shape index (κ2) is 5.29. The summed E-state index contributed by atoms with van der Waals surface area (Å²) in [6.45, 7) is 4.44. The molecule has 0 spiro atoms. The minimum atomic E-state index is 0.996. The number of nitrogens with zero attached hydrogens (tertiary/aromatic N) is 1. The Balaban J connectivity index is 1.80. The number of rotatable bonds is 1. The van der Waals surface area contributed by atoms with Gasteiger partial charge in [-0.05, 0) is 65.8 Å². The summed E-state index contributed by atoms with van der Waals surface area (Å²) in [4.78, 5) is 4.99. The van der Waals surface area contributed by atoms with Crippen LogP contribution in [0.1, 0.15) is 22.3 Å². The molecule has 0 fully saturated rings. The normalized spacial score (nSPS) is 12.2. The van der Waals surface area contributed by atoms with Crippen LogP contribution in [0.4, 0.5) is 0 Å². The molecule has 25 heavy (non-hydrogen) atoms. The van der Waals surface area contributed by atoms with Crippen LogP contribution in [0.5, 0.6) is 0 Å². The van der Waals surface area contributed by atoms with Crippen LogP contribution in [-0.4, -0.2) is 4.98 Å². The Kier molecular flexibility index (Phi) is 3.05. The van der Waals surface area contributed by atoms with Gasteiger partial charge < -0.3 is 0 Å². The van der Waals surface area contributed by atoms with Crippen molar-refractivity contribution in [3.8, 4) is 22.4 Å². The molecule has 1 aliphatic carbocycles. The molecule has 1 aromatic heterocycles. The van der Waals surface area contributed by atoms with Crippen LogP contribution >= 0.6 is 0 Å². The van der Waals surface area contributed by atoms with Crippen molar-refractivity contribution >= 4 is 10.9 Å². The second-order valence-corrected chi connectivity index (χ2v) is 6.94. The third kappa shape index (κ3) is 2.12. The molecule has 0 unspecified atom stereocenters. The SMILES string of the molecule is Cc1cc2c(c(-c3ccc4ccccc4n3)c1C)Cc1ccccc1-2. The molecule has 0 N–H and O–H groups in total. The lowest BCUT2D eigenvalue weighted by atomic mass is 9.90. The highest BCUT2D eigenvalue weighted by Gasteiger charge is 2.24. The van der Waals surface area contributed by atoms with Crippen LogP contribution in [0.25, 0.3) is 33.3 Å². The van der Waals surface area contributed by atoms with Gasteiger partial charge in [0.2, 0.25) is 0 Å². The predicted octanol–water partition coefficient (Wildman–Crippen LogP) is 6.09. The number of aryl methyl sites for hydroxylation is 1. The molecule has 1 heterocycles. The Morgan fingerprint density at radius 1 is 0.800 bits per heavy atom. The molecule has 0 atom stereocenters. The van der Waals surface area contributed by atoms with Crippen molar-refractivity contribution < 1.29 is 0 Å². The summed E-state index contributed by atoms with van der Waals surface area (Å²) >= 11 is 0. The number of fused-ring (bicyclic) bond motifs is 4. The lowest BCUT2D eigenvalue weighted by Crippen LogP contribution is -1.97. The van der Waals surface area contributed by atoms with Gasteiger partial charge >= 0.3 is 0 Å². The van der Waals surface area contributed by atoms with Gasteiger partial charge in [0.15, 0.2) is 0 Å². The summed E-state index contributed by atoms with van der Waals surface area (Å²) in [6.07, 6.45) is 0.996. The van der Waals surface area contributed by atoms with Crippen molar-refractivity contribution in [3.63, 3.8) is 0 Å². The van der Waals surface area contributed by atoms with E-state index in [9.17, 15) is 0 Å². The molecule has 4 aromatic rings. The molecule has 0 radical (unpaired) electrons. The fraction of sp³-hybridized carbons (Fsp3) is 0.125. The molecular formula is C24H19N. The van der Waals surface area contributed by atoms with Crippen LogP contribution in [-0.2, 0) is 6.42 Å². The van der Waals surface area contributed by atoms with Gasteiger partial charge in [-0.2, -0.15) is 0 Å². The van der Waals surface area contributed by atoms with Gasteiger partial charge in [-0.15, -0.1) is 0 Å².